The summed E-state index contributed by atoms with van der Waals surface area (Å²) in [5, 5.41) is 11.5. The van der Waals surface area contributed by atoms with E-state index in [2.05, 4.69) is 10.1 Å². The predicted molar refractivity (Wildman–Crippen MR) is 66.9 cm³/mol. The van der Waals surface area contributed by atoms with Crippen molar-refractivity contribution in [3.63, 3.8) is 0 Å². The molecule has 1 aliphatic rings. The normalized spacial score (nSPS) is 20.0. The topological polar surface area (TPSA) is 78.9 Å². The second-order valence-electron chi connectivity index (χ2n) is 4.80. The standard InChI is InChI=1S/C12H19F3N2O4/c13-12(14,15)8-21-7-5-16-11(20)17-6-3-1-2-4-9(17)10(18)19/h9H,1-8H2,(H,16,20)(H,18,19). The van der Waals surface area contributed by atoms with Crippen molar-refractivity contribution in [1.82, 2.24) is 10.2 Å². The van der Waals surface area contributed by atoms with Crippen LogP contribution in [-0.4, -0.2) is 60.5 Å². The van der Waals surface area contributed by atoms with Crippen LogP contribution in [0.3, 0.4) is 0 Å². The third-order valence-electron chi connectivity index (χ3n) is 3.09. The summed E-state index contributed by atoms with van der Waals surface area (Å²) in [6.45, 7) is -1.43. The first kappa shape index (κ1) is 17.5. The number of urea groups is 1. The van der Waals surface area contributed by atoms with Crippen LogP contribution in [0.4, 0.5) is 18.0 Å². The molecule has 0 aliphatic carbocycles. The van der Waals surface area contributed by atoms with Crippen LogP contribution in [0.2, 0.25) is 0 Å². The number of alkyl halides is 3. The number of carboxylic acid groups (broad SMARTS) is 1. The number of amides is 2. The Morgan fingerprint density at radius 1 is 1.29 bits per heavy atom. The molecule has 1 aliphatic heterocycles. The zero-order chi connectivity index (χ0) is 15.9. The summed E-state index contributed by atoms with van der Waals surface area (Å²) in [6.07, 6.45) is -1.73. The number of aliphatic carboxylic acids is 1. The van der Waals surface area contributed by atoms with Gasteiger partial charge in [-0.05, 0) is 12.8 Å². The van der Waals surface area contributed by atoms with E-state index in [0.717, 1.165) is 12.8 Å². The van der Waals surface area contributed by atoms with Crippen LogP contribution in [0.5, 0.6) is 0 Å². The van der Waals surface area contributed by atoms with Crippen molar-refractivity contribution in [3.8, 4) is 0 Å². The molecule has 1 unspecified atom stereocenters. The van der Waals surface area contributed by atoms with Crippen molar-refractivity contribution in [3.05, 3.63) is 0 Å². The zero-order valence-corrected chi connectivity index (χ0v) is 11.5. The molecule has 2 amide bonds. The van der Waals surface area contributed by atoms with Gasteiger partial charge in [-0.1, -0.05) is 12.8 Å². The van der Waals surface area contributed by atoms with Gasteiger partial charge in [0.05, 0.1) is 6.61 Å². The molecule has 1 atom stereocenters. The lowest BCUT2D eigenvalue weighted by Crippen LogP contribution is -2.49. The number of nitrogens with one attached hydrogen (secondary N) is 1. The second kappa shape index (κ2) is 8.06. The van der Waals surface area contributed by atoms with Crippen molar-refractivity contribution in [2.24, 2.45) is 0 Å². The summed E-state index contributed by atoms with van der Waals surface area (Å²) in [7, 11) is 0. The molecule has 1 rings (SSSR count). The predicted octanol–water partition coefficient (Wildman–Crippen LogP) is 1.60. The van der Waals surface area contributed by atoms with Gasteiger partial charge in [-0.15, -0.1) is 0 Å². The molecule has 1 heterocycles. The van der Waals surface area contributed by atoms with Crippen LogP contribution >= 0.6 is 0 Å². The van der Waals surface area contributed by atoms with Gasteiger partial charge in [0.2, 0.25) is 0 Å². The van der Waals surface area contributed by atoms with Gasteiger partial charge < -0.3 is 20.1 Å². The summed E-state index contributed by atoms with van der Waals surface area (Å²) in [5.41, 5.74) is 0. The lowest BCUT2D eigenvalue weighted by Gasteiger charge is -2.27. The number of hydrogen-bond acceptors (Lipinski definition) is 3. The highest BCUT2D eigenvalue weighted by Gasteiger charge is 2.30. The first-order valence-corrected chi connectivity index (χ1v) is 6.73. The SMILES string of the molecule is O=C(O)C1CCCCCN1C(=O)NCCOCC(F)(F)F. The number of carbonyl (C=O) groups excluding carboxylic acids is 1. The van der Waals surface area contributed by atoms with Gasteiger partial charge in [0.15, 0.2) is 0 Å². The number of carbonyl (C=O) groups is 2. The molecule has 0 spiro atoms. The highest BCUT2D eigenvalue weighted by molar-refractivity contribution is 5.82. The first-order chi connectivity index (χ1) is 9.81. The molecule has 0 radical (unpaired) electrons. The van der Waals surface area contributed by atoms with Crippen LogP contribution in [0.25, 0.3) is 0 Å². The van der Waals surface area contributed by atoms with Crippen molar-refractivity contribution in [2.45, 2.75) is 37.9 Å². The Hall–Kier alpha value is -1.51. The molecular weight excluding hydrogens is 293 g/mol. The maximum Gasteiger partial charge on any atom is 0.411 e. The Morgan fingerprint density at radius 3 is 2.62 bits per heavy atom. The van der Waals surface area contributed by atoms with Crippen LogP contribution in [0.1, 0.15) is 25.7 Å². The van der Waals surface area contributed by atoms with E-state index in [-0.39, 0.29) is 13.2 Å². The highest BCUT2D eigenvalue weighted by Crippen LogP contribution is 2.17. The highest BCUT2D eigenvalue weighted by atomic mass is 19.4. The van der Waals surface area contributed by atoms with E-state index >= 15 is 0 Å². The van der Waals surface area contributed by atoms with Crippen LogP contribution < -0.4 is 5.32 Å². The lowest BCUT2D eigenvalue weighted by atomic mass is 10.1. The molecule has 1 fully saturated rings. The van der Waals surface area contributed by atoms with E-state index in [0.29, 0.717) is 19.4 Å². The van der Waals surface area contributed by atoms with Gasteiger partial charge >= 0.3 is 18.2 Å². The van der Waals surface area contributed by atoms with Gasteiger partial charge in [0.25, 0.3) is 0 Å². The average Bonchev–Trinajstić information content (AvgIpc) is 2.62. The number of halogens is 3. The molecule has 1 saturated heterocycles. The lowest BCUT2D eigenvalue weighted by molar-refractivity contribution is -0.173. The molecule has 0 aromatic heterocycles. The summed E-state index contributed by atoms with van der Waals surface area (Å²) in [4.78, 5) is 24.3. The maximum absolute atomic E-state index is 11.9. The third kappa shape index (κ3) is 6.65. The van der Waals surface area contributed by atoms with Crippen LogP contribution in [-0.2, 0) is 9.53 Å². The number of rotatable bonds is 5. The van der Waals surface area contributed by atoms with Gasteiger partial charge in [-0.25, -0.2) is 9.59 Å². The Kier molecular flexibility index (Phi) is 6.73. The molecule has 0 bridgehead atoms. The van der Waals surface area contributed by atoms with E-state index in [4.69, 9.17) is 5.11 Å². The van der Waals surface area contributed by atoms with Crippen LogP contribution in [0.15, 0.2) is 0 Å². The Labute approximate surface area is 120 Å². The second-order valence-corrected chi connectivity index (χ2v) is 4.80. The van der Waals surface area contributed by atoms with Gasteiger partial charge in [0, 0.05) is 13.1 Å². The number of hydrogen-bond donors (Lipinski definition) is 2. The van der Waals surface area contributed by atoms with E-state index < -0.39 is 30.8 Å². The fourth-order valence-corrected chi connectivity index (χ4v) is 2.13. The van der Waals surface area contributed by atoms with Crippen LogP contribution in [0, 0.1) is 0 Å². The molecular formula is C12H19F3N2O4. The number of likely N-dealkylation sites (tertiary alicyclic amines) is 1. The molecule has 9 heteroatoms. The maximum atomic E-state index is 11.9. The quantitative estimate of drug-likeness (QED) is 0.756. The Balaban J connectivity index is 2.36. The van der Waals surface area contributed by atoms with Crippen molar-refractivity contribution >= 4 is 12.0 Å². The minimum absolute atomic E-state index is 0.0995. The van der Waals surface area contributed by atoms with Gasteiger partial charge in [-0.2, -0.15) is 13.2 Å². The molecule has 0 saturated carbocycles. The third-order valence-corrected chi connectivity index (χ3v) is 3.09. The van der Waals surface area contributed by atoms with Crippen molar-refractivity contribution < 1.29 is 32.6 Å². The first-order valence-electron chi connectivity index (χ1n) is 6.73. The molecule has 122 valence electrons. The monoisotopic (exact) mass is 312 g/mol. The minimum atomic E-state index is -4.40. The van der Waals surface area contributed by atoms with E-state index in [1.54, 1.807) is 0 Å². The zero-order valence-electron chi connectivity index (χ0n) is 11.5. The Bertz CT molecular complexity index is 363. The van der Waals surface area contributed by atoms with Gasteiger partial charge in [0.1, 0.15) is 12.6 Å². The average molecular weight is 312 g/mol. The number of nitrogens with zero attached hydrogens (tertiary/aromatic N) is 1. The smallest absolute Gasteiger partial charge is 0.411 e. The minimum Gasteiger partial charge on any atom is -0.480 e. The largest absolute Gasteiger partial charge is 0.480 e. The fourth-order valence-electron chi connectivity index (χ4n) is 2.13. The van der Waals surface area contributed by atoms with E-state index in [1.807, 2.05) is 0 Å². The van der Waals surface area contributed by atoms with Gasteiger partial charge in [-0.3, -0.25) is 0 Å². The summed E-state index contributed by atoms with van der Waals surface area (Å²) >= 11 is 0. The van der Waals surface area contributed by atoms with E-state index in [9.17, 15) is 22.8 Å². The molecule has 0 aromatic carbocycles. The molecule has 21 heavy (non-hydrogen) atoms. The number of carboxylic acids is 1. The molecule has 2 N–H and O–H groups in total. The summed E-state index contributed by atoms with van der Waals surface area (Å²) in [5.74, 6) is -1.07. The summed E-state index contributed by atoms with van der Waals surface area (Å²) in [6, 6.07) is -1.47. The number of ether oxygens (including phenoxy) is 1. The fraction of sp³-hybridized carbons (Fsp3) is 0.833. The van der Waals surface area contributed by atoms with E-state index in [1.165, 1.54) is 4.90 Å². The molecule has 0 aromatic rings. The Morgan fingerprint density at radius 2 is 2.00 bits per heavy atom. The summed E-state index contributed by atoms with van der Waals surface area (Å²) < 4.78 is 39.9. The molecule has 6 nitrogen and oxygen atoms in total. The van der Waals surface area contributed by atoms with Crippen molar-refractivity contribution in [2.75, 3.05) is 26.3 Å². The van der Waals surface area contributed by atoms with Crippen molar-refractivity contribution in [1.29, 1.82) is 0 Å².